The number of piperidine rings is 1. The lowest BCUT2D eigenvalue weighted by atomic mass is 9.96. The van der Waals surface area contributed by atoms with E-state index in [1.807, 2.05) is 0 Å². The Morgan fingerprint density at radius 2 is 1.80 bits per heavy atom. The van der Waals surface area contributed by atoms with Crippen molar-refractivity contribution >= 4 is 0 Å². The van der Waals surface area contributed by atoms with Crippen LogP contribution < -0.4 is 5.32 Å². The molecule has 1 saturated carbocycles. The summed E-state index contributed by atoms with van der Waals surface area (Å²) in [5, 5.41) is 3.32. The second-order valence-corrected chi connectivity index (χ2v) is 5.48. The van der Waals surface area contributed by atoms with Crippen molar-refractivity contribution in [2.45, 2.75) is 38.5 Å². The predicted octanol–water partition coefficient (Wildman–Crippen LogP) is 2.11. The molecule has 0 amide bonds. The summed E-state index contributed by atoms with van der Waals surface area (Å²) in [6.07, 6.45) is 8.80. The molecule has 0 bridgehead atoms. The molecular formula is C13H26N2. The maximum atomic E-state index is 3.32. The number of likely N-dealkylation sites (tertiary alicyclic amines) is 1. The molecule has 1 unspecified atom stereocenters. The zero-order chi connectivity index (χ0) is 10.5. The average Bonchev–Trinajstić information content (AvgIpc) is 2.71. The van der Waals surface area contributed by atoms with E-state index in [1.165, 1.54) is 64.7 Å². The summed E-state index contributed by atoms with van der Waals surface area (Å²) in [6, 6.07) is 0. The zero-order valence-electron chi connectivity index (χ0n) is 10.2. The molecule has 2 rings (SSSR count). The Kier molecular flexibility index (Phi) is 4.45. The van der Waals surface area contributed by atoms with Gasteiger partial charge < -0.3 is 10.2 Å². The molecule has 0 spiro atoms. The Hall–Kier alpha value is -0.0800. The zero-order valence-corrected chi connectivity index (χ0v) is 10.2. The number of hydrogen-bond acceptors (Lipinski definition) is 2. The molecule has 0 radical (unpaired) electrons. The first-order valence-corrected chi connectivity index (χ1v) is 6.75. The number of nitrogens with zero attached hydrogens (tertiary/aromatic N) is 1. The molecule has 2 aliphatic rings. The van der Waals surface area contributed by atoms with E-state index in [-0.39, 0.29) is 0 Å². The van der Waals surface area contributed by atoms with Gasteiger partial charge in [-0.2, -0.15) is 0 Å². The number of rotatable bonds is 4. The van der Waals surface area contributed by atoms with Crippen LogP contribution >= 0.6 is 0 Å². The van der Waals surface area contributed by atoms with Crippen LogP contribution in [-0.2, 0) is 0 Å². The van der Waals surface area contributed by atoms with Gasteiger partial charge in [0.1, 0.15) is 0 Å². The summed E-state index contributed by atoms with van der Waals surface area (Å²) >= 11 is 0. The van der Waals surface area contributed by atoms with Gasteiger partial charge in [0.25, 0.3) is 0 Å². The molecule has 1 saturated heterocycles. The van der Waals surface area contributed by atoms with Crippen molar-refractivity contribution in [3.05, 3.63) is 0 Å². The van der Waals surface area contributed by atoms with E-state index >= 15 is 0 Å². The molecule has 0 aromatic carbocycles. The summed E-state index contributed by atoms with van der Waals surface area (Å²) in [7, 11) is 2.08. The molecular weight excluding hydrogens is 184 g/mol. The minimum Gasteiger partial charge on any atom is -0.319 e. The average molecular weight is 210 g/mol. The van der Waals surface area contributed by atoms with Gasteiger partial charge in [0.05, 0.1) is 0 Å². The van der Waals surface area contributed by atoms with Crippen LogP contribution in [0.25, 0.3) is 0 Å². The molecule has 1 aliphatic carbocycles. The van der Waals surface area contributed by atoms with Gasteiger partial charge >= 0.3 is 0 Å². The summed E-state index contributed by atoms with van der Waals surface area (Å²) in [6.45, 7) is 5.30. The molecule has 0 aromatic heterocycles. The number of hydrogen-bond donors (Lipinski definition) is 1. The highest BCUT2D eigenvalue weighted by atomic mass is 15.1. The van der Waals surface area contributed by atoms with Crippen molar-refractivity contribution < 1.29 is 0 Å². The van der Waals surface area contributed by atoms with Crippen LogP contribution in [0.4, 0.5) is 0 Å². The van der Waals surface area contributed by atoms with Gasteiger partial charge in [0, 0.05) is 13.1 Å². The highest BCUT2D eigenvalue weighted by Gasteiger charge is 2.23. The van der Waals surface area contributed by atoms with Crippen molar-refractivity contribution in [2.24, 2.45) is 11.8 Å². The van der Waals surface area contributed by atoms with E-state index < -0.39 is 0 Å². The molecule has 2 heteroatoms. The molecule has 1 heterocycles. The largest absolute Gasteiger partial charge is 0.319 e. The lowest BCUT2D eigenvalue weighted by Gasteiger charge is -2.34. The fourth-order valence-electron chi connectivity index (χ4n) is 3.33. The summed E-state index contributed by atoms with van der Waals surface area (Å²) in [4.78, 5) is 2.72. The molecule has 2 nitrogen and oxygen atoms in total. The maximum Gasteiger partial charge on any atom is 0.00219 e. The third-order valence-corrected chi connectivity index (χ3v) is 4.09. The molecule has 1 atom stereocenters. The van der Waals surface area contributed by atoms with Gasteiger partial charge in [-0.05, 0) is 57.7 Å². The second-order valence-electron chi connectivity index (χ2n) is 5.48. The van der Waals surface area contributed by atoms with Crippen LogP contribution in [0.2, 0.25) is 0 Å². The first-order valence-electron chi connectivity index (χ1n) is 6.75. The van der Waals surface area contributed by atoms with E-state index in [9.17, 15) is 0 Å². The van der Waals surface area contributed by atoms with Crippen LogP contribution in [0.3, 0.4) is 0 Å². The molecule has 2 fully saturated rings. The fraction of sp³-hybridized carbons (Fsp3) is 1.00. The van der Waals surface area contributed by atoms with Gasteiger partial charge in [-0.25, -0.2) is 0 Å². The van der Waals surface area contributed by atoms with Crippen LogP contribution in [0.1, 0.15) is 38.5 Å². The monoisotopic (exact) mass is 210 g/mol. The second kappa shape index (κ2) is 5.86. The van der Waals surface area contributed by atoms with Crippen molar-refractivity contribution in [2.75, 3.05) is 33.2 Å². The van der Waals surface area contributed by atoms with E-state index in [4.69, 9.17) is 0 Å². The topological polar surface area (TPSA) is 15.3 Å². The Morgan fingerprint density at radius 1 is 1.07 bits per heavy atom. The van der Waals surface area contributed by atoms with Crippen molar-refractivity contribution in [1.29, 1.82) is 0 Å². The molecule has 88 valence electrons. The molecule has 15 heavy (non-hydrogen) atoms. The van der Waals surface area contributed by atoms with Crippen molar-refractivity contribution in [1.82, 2.24) is 10.2 Å². The highest BCUT2D eigenvalue weighted by molar-refractivity contribution is 4.78. The SMILES string of the molecule is CNCC1CCCN(CC2CCCC2)C1. The molecule has 0 aromatic rings. The smallest absolute Gasteiger partial charge is 0.00219 e. The first kappa shape index (κ1) is 11.4. The molecule has 1 N–H and O–H groups in total. The third kappa shape index (κ3) is 3.46. The summed E-state index contributed by atoms with van der Waals surface area (Å²) in [5.74, 6) is 1.93. The lowest BCUT2D eigenvalue weighted by Crippen LogP contribution is -2.41. The summed E-state index contributed by atoms with van der Waals surface area (Å²) < 4.78 is 0. The third-order valence-electron chi connectivity index (χ3n) is 4.09. The van der Waals surface area contributed by atoms with Crippen LogP contribution in [0.15, 0.2) is 0 Å². The van der Waals surface area contributed by atoms with Gasteiger partial charge in [-0.3, -0.25) is 0 Å². The van der Waals surface area contributed by atoms with E-state index in [1.54, 1.807) is 0 Å². The Balaban J connectivity index is 1.71. The van der Waals surface area contributed by atoms with E-state index in [0.717, 1.165) is 11.8 Å². The van der Waals surface area contributed by atoms with Gasteiger partial charge in [0.15, 0.2) is 0 Å². The Bertz CT molecular complexity index is 173. The highest BCUT2D eigenvalue weighted by Crippen LogP contribution is 2.27. The minimum absolute atomic E-state index is 0.908. The first-order chi connectivity index (χ1) is 7.38. The predicted molar refractivity (Wildman–Crippen MR) is 65.0 cm³/mol. The number of nitrogens with one attached hydrogen (secondary N) is 1. The fourth-order valence-corrected chi connectivity index (χ4v) is 3.33. The Labute approximate surface area is 94.4 Å². The maximum absolute atomic E-state index is 3.32. The molecule has 1 aliphatic heterocycles. The quantitative estimate of drug-likeness (QED) is 0.764. The van der Waals surface area contributed by atoms with Crippen molar-refractivity contribution in [3.8, 4) is 0 Å². The van der Waals surface area contributed by atoms with Gasteiger partial charge in [0.2, 0.25) is 0 Å². The van der Waals surface area contributed by atoms with E-state index in [0.29, 0.717) is 0 Å². The standard InChI is InChI=1S/C13H26N2/c1-14-9-13-7-4-8-15(11-13)10-12-5-2-3-6-12/h12-14H,2-11H2,1H3. The van der Waals surface area contributed by atoms with Crippen LogP contribution in [0.5, 0.6) is 0 Å². The Morgan fingerprint density at radius 3 is 2.53 bits per heavy atom. The van der Waals surface area contributed by atoms with Crippen LogP contribution in [-0.4, -0.2) is 38.1 Å². The van der Waals surface area contributed by atoms with Crippen LogP contribution in [0, 0.1) is 11.8 Å². The van der Waals surface area contributed by atoms with Crippen molar-refractivity contribution in [3.63, 3.8) is 0 Å². The van der Waals surface area contributed by atoms with E-state index in [2.05, 4.69) is 17.3 Å². The lowest BCUT2D eigenvalue weighted by molar-refractivity contribution is 0.151. The van der Waals surface area contributed by atoms with Gasteiger partial charge in [-0.15, -0.1) is 0 Å². The normalized spacial score (nSPS) is 29.8. The summed E-state index contributed by atoms with van der Waals surface area (Å²) in [5.41, 5.74) is 0. The minimum atomic E-state index is 0.908. The van der Waals surface area contributed by atoms with Gasteiger partial charge in [-0.1, -0.05) is 12.8 Å².